The van der Waals surface area contributed by atoms with E-state index in [-0.39, 0.29) is 17.1 Å². The van der Waals surface area contributed by atoms with Gasteiger partial charge in [0.1, 0.15) is 0 Å². The van der Waals surface area contributed by atoms with Crippen molar-refractivity contribution < 1.29 is 14.3 Å². The van der Waals surface area contributed by atoms with Gasteiger partial charge in [-0.1, -0.05) is 42.1 Å². The number of benzene rings is 2. The maximum absolute atomic E-state index is 13.3. The lowest BCUT2D eigenvalue weighted by atomic mass is 10.1. The Morgan fingerprint density at radius 1 is 1.09 bits per heavy atom. The molecule has 1 N–H and O–H groups in total. The number of carbonyl (C=O) groups is 2. The smallest absolute Gasteiger partial charge is 0.337 e. The van der Waals surface area contributed by atoms with Crippen molar-refractivity contribution in [3.63, 3.8) is 0 Å². The van der Waals surface area contributed by atoms with Gasteiger partial charge in [0, 0.05) is 12.7 Å². The number of carbonyl (C=O) groups excluding carboxylic acids is 2. The van der Waals surface area contributed by atoms with Crippen molar-refractivity contribution in [2.75, 3.05) is 12.9 Å². The first-order valence-electron chi connectivity index (χ1n) is 10.0. The second-order valence-electron chi connectivity index (χ2n) is 7.11. The zero-order chi connectivity index (χ0) is 22.5. The number of H-pyrrole nitrogens is 1. The number of rotatable bonds is 8. The molecule has 8 heteroatoms. The number of ether oxygens (including phenoxy) is 1. The fourth-order valence-electron chi connectivity index (χ4n) is 3.35. The van der Waals surface area contributed by atoms with Crippen LogP contribution in [0.1, 0.15) is 26.4 Å². The molecule has 2 aromatic carbocycles. The number of hydrogen-bond donors (Lipinski definition) is 1. The Balaban J connectivity index is 1.70. The first-order chi connectivity index (χ1) is 15.6. The van der Waals surface area contributed by atoms with E-state index in [1.807, 2.05) is 30.3 Å². The van der Waals surface area contributed by atoms with E-state index in [9.17, 15) is 14.4 Å². The van der Waals surface area contributed by atoms with Crippen LogP contribution in [-0.2, 0) is 17.7 Å². The molecule has 0 saturated heterocycles. The first kappa shape index (κ1) is 21.6. The van der Waals surface area contributed by atoms with Gasteiger partial charge in [-0.3, -0.25) is 14.2 Å². The third-order valence-corrected chi connectivity index (χ3v) is 6.02. The Labute approximate surface area is 188 Å². The first-order valence-corrected chi connectivity index (χ1v) is 11.0. The van der Waals surface area contributed by atoms with Crippen molar-refractivity contribution in [3.8, 4) is 0 Å². The molecule has 162 valence electrons. The lowest BCUT2D eigenvalue weighted by molar-refractivity contribution is 0.0600. The van der Waals surface area contributed by atoms with Crippen molar-refractivity contribution in [2.24, 2.45) is 0 Å². The highest BCUT2D eigenvalue weighted by Gasteiger charge is 2.16. The predicted molar refractivity (Wildman–Crippen MR) is 123 cm³/mol. The summed E-state index contributed by atoms with van der Waals surface area (Å²) in [6, 6.07) is 18.0. The van der Waals surface area contributed by atoms with E-state index in [2.05, 4.69) is 9.97 Å². The monoisotopic (exact) mass is 447 g/mol. The van der Waals surface area contributed by atoms with Gasteiger partial charge in [-0.25, -0.2) is 9.78 Å². The van der Waals surface area contributed by atoms with Crippen LogP contribution in [0.3, 0.4) is 0 Å². The number of methoxy groups -OCH3 is 1. The van der Waals surface area contributed by atoms with Gasteiger partial charge in [0.05, 0.1) is 35.0 Å². The fourth-order valence-corrected chi connectivity index (χ4v) is 4.26. The minimum absolute atomic E-state index is 0.0905. The van der Waals surface area contributed by atoms with E-state index in [1.54, 1.807) is 41.1 Å². The lowest BCUT2D eigenvalue weighted by Crippen LogP contribution is -2.25. The van der Waals surface area contributed by atoms with Crippen LogP contribution in [0.25, 0.3) is 10.9 Å². The zero-order valence-electron chi connectivity index (χ0n) is 17.4. The number of aryl methyl sites for hydroxylation is 1. The normalized spacial score (nSPS) is 10.9. The molecule has 7 nitrogen and oxygen atoms in total. The van der Waals surface area contributed by atoms with Crippen LogP contribution in [0.5, 0.6) is 0 Å². The molecule has 0 atom stereocenters. The summed E-state index contributed by atoms with van der Waals surface area (Å²) in [4.78, 5) is 45.2. The standard InChI is InChI=1S/C24H21N3O4S/c1-31-23(30)17-9-10-18-20(14-17)26-24(32-15-21(28)19-8-5-12-25-19)27(22(18)29)13-11-16-6-3-2-4-7-16/h2-10,12,14,25H,11,13,15H2,1H3. The van der Waals surface area contributed by atoms with Gasteiger partial charge in [-0.05, 0) is 42.3 Å². The fraction of sp³-hybridized carbons (Fsp3) is 0.167. The average Bonchev–Trinajstić information content (AvgIpc) is 3.37. The number of fused-ring (bicyclic) bond motifs is 1. The van der Waals surface area contributed by atoms with Crippen LogP contribution in [0.2, 0.25) is 0 Å². The summed E-state index contributed by atoms with van der Waals surface area (Å²) in [5, 5.41) is 0.839. The molecule has 2 aromatic heterocycles. The summed E-state index contributed by atoms with van der Waals surface area (Å²) in [6.07, 6.45) is 2.34. The Bertz CT molecular complexity index is 1310. The summed E-state index contributed by atoms with van der Waals surface area (Å²) in [7, 11) is 1.30. The second kappa shape index (κ2) is 9.65. The van der Waals surface area contributed by atoms with Crippen molar-refractivity contribution in [3.05, 3.63) is 94.0 Å². The SMILES string of the molecule is COC(=O)c1ccc2c(=O)n(CCc3ccccc3)c(SCC(=O)c3ccc[nH]3)nc2c1. The number of esters is 1. The molecule has 0 amide bonds. The zero-order valence-corrected chi connectivity index (χ0v) is 18.2. The van der Waals surface area contributed by atoms with Gasteiger partial charge < -0.3 is 9.72 Å². The van der Waals surface area contributed by atoms with Gasteiger partial charge in [0.2, 0.25) is 0 Å². The molecule has 4 rings (SSSR count). The topological polar surface area (TPSA) is 94.0 Å². The summed E-state index contributed by atoms with van der Waals surface area (Å²) in [5.74, 6) is -0.467. The lowest BCUT2D eigenvalue weighted by Gasteiger charge is -2.13. The second-order valence-corrected chi connectivity index (χ2v) is 8.05. The maximum atomic E-state index is 13.3. The third kappa shape index (κ3) is 4.65. The molecule has 0 spiro atoms. The van der Waals surface area contributed by atoms with Crippen molar-refractivity contribution >= 4 is 34.4 Å². The molecule has 0 bridgehead atoms. The van der Waals surface area contributed by atoms with E-state index in [0.29, 0.717) is 40.3 Å². The van der Waals surface area contributed by atoms with Gasteiger partial charge in [-0.15, -0.1) is 0 Å². The molecular formula is C24H21N3O4S. The van der Waals surface area contributed by atoms with Crippen LogP contribution >= 0.6 is 11.8 Å². The van der Waals surface area contributed by atoms with Gasteiger partial charge in [-0.2, -0.15) is 0 Å². The molecule has 32 heavy (non-hydrogen) atoms. The molecular weight excluding hydrogens is 426 g/mol. The number of hydrogen-bond acceptors (Lipinski definition) is 6. The Kier molecular flexibility index (Phi) is 6.51. The summed E-state index contributed by atoms with van der Waals surface area (Å²) in [6.45, 7) is 0.420. The quantitative estimate of drug-likeness (QED) is 0.191. The average molecular weight is 448 g/mol. The summed E-state index contributed by atoms with van der Waals surface area (Å²) in [5.41, 5.74) is 2.09. The maximum Gasteiger partial charge on any atom is 0.337 e. The van der Waals surface area contributed by atoms with Crippen LogP contribution in [0, 0.1) is 0 Å². The molecule has 0 aliphatic heterocycles. The van der Waals surface area contributed by atoms with Crippen molar-refractivity contribution in [1.82, 2.24) is 14.5 Å². The molecule has 0 radical (unpaired) electrons. The number of aromatic nitrogens is 3. The van der Waals surface area contributed by atoms with Crippen LogP contribution in [0.15, 0.2) is 76.8 Å². The largest absolute Gasteiger partial charge is 0.465 e. The molecule has 2 heterocycles. The number of aromatic amines is 1. The molecule has 0 saturated carbocycles. The number of thioether (sulfide) groups is 1. The van der Waals surface area contributed by atoms with Gasteiger partial charge >= 0.3 is 5.97 Å². The van der Waals surface area contributed by atoms with E-state index in [1.165, 1.54) is 18.9 Å². The minimum Gasteiger partial charge on any atom is -0.465 e. The van der Waals surface area contributed by atoms with E-state index in [4.69, 9.17) is 4.74 Å². The molecule has 4 aromatic rings. The summed E-state index contributed by atoms with van der Waals surface area (Å²) < 4.78 is 6.37. The van der Waals surface area contributed by atoms with E-state index in [0.717, 1.165) is 5.56 Å². The van der Waals surface area contributed by atoms with Crippen LogP contribution < -0.4 is 5.56 Å². The van der Waals surface area contributed by atoms with Gasteiger partial charge in [0.25, 0.3) is 5.56 Å². The number of nitrogens with zero attached hydrogens (tertiary/aromatic N) is 2. The molecule has 0 unspecified atom stereocenters. The van der Waals surface area contributed by atoms with E-state index < -0.39 is 5.97 Å². The highest BCUT2D eigenvalue weighted by Crippen LogP contribution is 2.21. The Morgan fingerprint density at radius 3 is 2.62 bits per heavy atom. The Morgan fingerprint density at radius 2 is 1.91 bits per heavy atom. The third-order valence-electron chi connectivity index (χ3n) is 5.04. The van der Waals surface area contributed by atoms with Crippen molar-refractivity contribution in [1.29, 1.82) is 0 Å². The van der Waals surface area contributed by atoms with Gasteiger partial charge in [0.15, 0.2) is 10.9 Å². The highest BCUT2D eigenvalue weighted by atomic mass is 32.2. The molecule has 0 aliphatic carbocycles. The minimum atomic E-state index is -0.502. The molecule has 0 aliphatic rings. The number of Topliss-reactive ketones (excluding diaryl/α,β-unsaturated/α-hetero) is 1. The highest BCUT2D eigenvalue weighted by molar-refractivity contribution is 7.99. The van der Waals surface area contributed by atoms with Crippen molar-refractivity contribution in [2.45, 2.75) is 18.1 Å². The van der Waals surface area contributed by atoms with Crippen LogP contribution in [-0.4, -0.2) is 39.2 Å². The number of nitrogens with one attached hydrogen (secondary N) is 1. The molecule has 0 fully saturated rings. The number of ketones is 1. The Hall–Kier alpha value is -3.65. The van der Waals surface area contributed by atoms with E-state index >= 15 is 0 Å². The van der Waals surface area contributed by atoms with Crippen LogP contribution in [0.4, 0.5) is 0 Å². The summed E-state index contributed by atoms with van der Waals surface area (Å²) >= 11 is 1.20. The predicted octanol–water partition coefficient (Wildman–Crippen LogP) is 3.73.